The molecule has 1 aliphatic heterocycles. The smallest absolute Gasteiger partial charge is 0.270 e. The molecule has 3 rings (SSSR count). The summed E-state index contributed by atoms with van der Waals surface area (Å²) >= 11 is 0. The topological polar surface area (TPSA) is 46.5 Å². The quantitative estimate of drug-likeness (QED) is 0.913. The number of carbonyl (C=O) groups is 1. The first-order valence-corrected chi connectivity index (χ1v) is 7.26. The molecule has 1 fully saturated rings. The fourth-order valence-corrected chi connectivity index (χ4v) is 2.92. The van der Waals surface area contributed by atoms with Crippen LogP contribution in [0, 0.1) is 0 Å². The predicted octanol–water partition coefficient (Wildman–Crippen LogP) is 1.62. The molecule has 0 saturated carbocycles. The molecular formula is C16H21N3O2. The maximum Gasteiger partial charge on any atom is 0.270 e. The second-order valence-corrected chi connectivity index (χ2v) is 5.62. The average Bonchev–Trinajstić information content (AvgIpc) is 2.83. The van der Waals surface area contributed by atoms with Crippen LogP contribution >= 0.6 is 0 Å². The summed E-state index contributed by atoms with van der Waals surface area (Å²) in [6.45, 7) is 4.47. The number of benzene rings is 1. The molecule has 1 N–H and O–H groups in total. The van der Waals surface area contributed by atoms with Crippen LogP contribution in [0.4, 0.5) is 0 Å². The van der Waals surface area contributed by atoms with Crippen molar-refractivity contribution in [3.63, 3.8) is 0 Å². The molecule has 0 spiro atoms. The summed E-state index contributed by atoms with van der Waals surface area (Å²) in [6, 6.07) is 8.18. The van der Waals surface area contributed by atoms with Crippen LogP contribution in [0.2, 0.25) is 0 Å². The zero-order valence-corrected chi connectivity index (χ0v) is 12.7. The van der Waals surface area contributed by atoms with Gasteiger partial charge in [-0.15, -0.1) is 0 Å². The van der Waals surface area contributed by atoms with Crippen LogP contribution in [-0.4, -0.2) is 48.2 Å². The molecule has 1 atom stereocenters. The zero-order valence-electron chi connectivity index (χ0n) is 12.7. The molecule has 0 radical (unpaired) electrons. The molecule has 2 aromatic rings. The molecule has 1 saturated heterocycles. The van der Waals surface area contributed by atoms with Crippen LogP contribution in [0.25, 0.3) is 10.9 Å². The number of methoxy groups -OCH3 is 1. The maximum atomic E-state index is 12.7. The Balaban J connectivity index is 1.96. The van der Waals surface area contributed by atoms with Gasteiger partial charge < -0.3 is 19.5 Å². The molecule has 5 heteroatoms. The lowest BCUT2D eigenvalue weighted by molar-refractivity contribution is 0.0700. The van der Waals surface area contributed by atoms with Crippen molar-refractivity contribution in [2.75, 3.05) is 26.7 Å². The van der Waals surface area contributed by atoms with Crippen LogP contribution in [0.15, 0.2) is 24.3 Å². The van der Waals surface area contributed by atoms with Gasteiger partial charge in [0.25, 0.3) is 5.91 Å². The van der Waals surface area contributed by atoms with Crippen LogP contribution in [0.1, 0.15) is 17.4 Å². The molecule has 1 unspecified atom stereocenters. The van der Waals surface area contributed by atoms with Gasteiger partial charge in [-0.2, -0.15) is 0 Å². The van der Waals surface area contributed by atoms with Crippen molar-refractivity contribution in [3.05, 3.63) is 30.0 Å². The molecule has 1 amide bonds. The van der Waals surface area contributed by atoms with E-state index in [-0.39, 0.29) is 5.91 Å². The highest BCUT2D eigenvalue weighted by atomic mass is 16.5. The summed E-state index contributed by atoms with van der Waals surface area (Å²) in [4.78, 5) is 14.7. The van der Waals surface area contributed by atoms with Crippen molar-refractivity contribution >= 4 is 16.8 Å². The largest absolute Gasteiger partial charge is 0.497 e. The second kappa shape index (κ2) is 5.41. The molecule has 5 nitrogen and oxygen atoms in total. The van der Waals surface area contributed by atoms with E-state index in [4.69, 9.17) is 4.74 Å². The number of hydrogen-bond donors (Lipinski definition) is 1. The van der Waals surface area contributed by atoms with Gasteiger partial charge in [0.2, 0.25) is 0 Å². The Morgan fingerprint density at radius 1 is 1.38 bits per heavy atom. The standard InChI is InChI=1S/C16H21N3O2/c1-11-10-19(7-6-17-11)16(20)15-8-12-4-5-13(21-3)9-14(12)18(15)2/h4-5,8-9,11,17H,6-7,10H2,1-3H3. The van der Waals surface area contributed by atoms with Crippen molar-refractivity contribution in [2.45, 2.75) is 13.0 Å². The Kier molecular flexibility index (Phi) is 3.59. The molecule has 0 aliphatic carbocycles. The summed E-state index contributed by atoms with van der Waals surface area (Å²) in [7, 11) is 3.58. The van der Waals surface area contributed by atoms with E-state index in [0.29, 0.717) is 6.04 Å². The van der Waals surface area contributed by atoms with Crippen molar-refractivity contribution in [1.29, 1.82) is 0 Å². The van der Waals surface area contributed by atoms with Crippen molar-refractivity contribution in [2.24, 2.45) is 7.05 Å². The maximum absolute atomic E-state index is 12.7. The number of carbonyl (C=O) groups excluding carboxylic acids is 1. The van der Waals surface area contributed by atoms with E-state index in [2.05, 4.69) is 12.2 Å². The average molecular weight is 287 g/mol. The number of nitrogens with zero attached hydrogens (tertiary/aromatic N) is 2. The predicted molar refractivity (Wildman–Crippen MR) is 82.8 cm³/mol. The first kappa shape index (κ1) is 13.9. The molecule has 1 aromatic heterocycles. The minimum atomic E-state index is 0.0982. The Bertz CT molecular complexity index is 677. The number of piperazine rings is 1. The minimum absolute atomic E-state index is 0.0982. The SMILES string of the molecule is COc1ccc2cc(C(=O)N3CCNC(C)C3)n(C)c2c1. The molecule has 1 aromatic carbocycles. The zero-order chi connectivity index (χ0) is 15.0. The number of ether oxygens (including phenoxy) is 1. The summed E-state index contributed by atoms with van der Waals surface area (Å²) in [6.07, 6.45) is 0. The Hall–Kier alpha value is -2.01. The van der Waals surface area contributed by atoms with E-state index in [0.717, 1.165) is 42.0 Å². The number of amides is 1. The normalized spacial score (nSPS) is 19.0. The molecule has 2 heterocycles. The van der Waals surface area contributed by atoms with Crippen LogP contribution in [0.5, 0.6) is 5.75 Å². The number of fused-ring (bicyclic) bond motifs is 1. The van der Waals surface area contributed by atoms with E-state index >= 15 is 0 Å². The summed E-state index contributed by atoms with van der Waals surface area (Å²) in [5.74, 6) is 0.902. The number of aryl methyl sites for hydroxylation is 1. The molecule has 1 aliphatic rings. The number of rotatable bonds is 2. The highest BCUT2D eigenvalue weighted by molar-refractivity contribution is 5.99. The lowest BCUT2D eigenvalue weighted by Gasteiger charge is -2.31. The van der Waals surface area contributed by atoms with E-state index in [1.54, 1.807) is 7.11 Å². The van der Waals surface area contributed by atoms with Gasteiger partial charge in [-0.05, 0) is 25.1 Å². The van der Waals surface area contributed by atoms with E-state index in [9.17, 15) is 4.79 Å². The third kappa shape index (κ3) is 2.49. The van der Waals surface area contributed by atoms with Crippen molar-refractivity contribution in [3.8, 4) is 5.75 Å². The summed E-state index contributed by atoms with van der Waals surface area (Å²) in [5.41, 5.74) is 1.74. The van der Waals surface area contributed by atoms with Crippen molar-refractivity contribution in [1.82, 2.24) is 14.8 Å². The summed E-state index contributed by atoms with van der Waals surface area (Å²) in [5, 5.41) is 4.42. The molecule has 21 heavy (non-hydrogen) atoms. The molecule has 112 valence electrons. The Morgan fingerprint density at radius 3 is 2.90 bits per heavy atom. The highest BCUT2D eigenvalue weighted by Crippen LogP contribution is 2.24. The Labute approximate surface area is 124 Å². The van der Waals surface area contributed by atoms with Gasteiger partial charge in [0.1, 0.15) is 11.4 Å². The van der Waals surface area contributed by atoms with Crippen molar-refractivity contribution < 1.29 is 9.53 Å². The lowest BCUT2D eigenvalue weighted by Crippen LogP contribution is -2.51. The summed E-state index contributed by atoms with van der Waals surface area (Å²) < 4.78 is 7.21. The fraction of sp³-hybridized carbons (Fsp3) is 0.438. The first-order chi connectivity index (χ1) is 10.1. The van der Waals surface area contributed by atoms with Gasteiger partial charge in [0, 0.05) is 44.2 Å². The van der Waals surface area contributed by atoms with Crippen LogP contribution in [-0.2, 0) is 7.05 Å². The minimum Gasteiger partial charge on any atom is -0.497 e. The van der Waals surface area contributed by atoms with Gasteiger partial charge >= 0.3 is 0 Å². The van der Waals surface area contributed by atoms with E-state index in [1.165, 1.54) is 0 Å². The van der Waals surface area contributed by atoms with E-state index in [1.807, 2.05) is 40.8 Å². The number of hydrogen-bond acceptors (Lipinski definition) is 3. The number of aromatic nitrogens is 1. The van der Waals surface area contributed by atoms with Gasteiger partial charge in [-0.25, -0.2) is 0 Å². The highest BCUT2D eigenvalue weighted by Gasteiger charge is 2.24. The Morgan fingerprint density at radius 2 is 2.19 bits per heavy atom. The van der Waals surface area contributed by atoms with Gasteiger partial charge in [0.05, 0.1) is 12.6 Å². The van der Waals surface area contributed by atoms with Gasteiger partial charge in [-0.3, -0.25) is 4.79 Å². The first-order valence-electron chi connectivity index (χ1n) is 7.26. The third-order valence-corrected chi connectivity index (χ3v) is 4.13. The van der Waals surface area contributed by atoms with E-state index < -0.39 is 0 Å². The lowest BCUT2D eigenvalue weighted by atomic mass is 10.2. The van der Waals surface area contributed by atoms with Crippen LogP contribution < -0.4 is 10.1 Å². The monoisotopic (exact) mass is 287 g/mol. The van der Waals surface area contributed by atoms with Crippen LogP contribution in [0.3, 0.4) is 0 Å². The molecular weight excluding hydrogens is 266 g/mol. The fourth-order valence-electron chi connectivity index (χ4n) is 2.92. The molecule has 0 bridgehead atoms. The van der Waals surface area contributed by atoms with Gasteiger partial charge in [-0.1, -0.05) is 0 Å². The van der Waals surface area contributed by atoms with Gasteiger partial charge in [0.15, 0.2) is 0 Å². The number of nitrogens with one attached hydrogen (secondary N) is 1. The third-order valence-electron chi connectivity index (χ3n) is 4.13. The second-order valence-electron chi connectivity index (χ2n) is 5.62.